The summed E-state index contributed by atoms with van der Waals surface area (Å²) in [6, 6.07) is 12.4. The summed E-state index contributed by atoms with van der Waals surface area (Å²) in [5.41, 5.74) is 2.28. The van der Waals surface area contributed by atoms with Gasteiger partial charge in [-0.1, -0.05) is 29.8 Å². The van der Waals surface area contributed by atoms with E-state index in [-0.39, 0.29) is 34.5 Å². The van der Waals surface area contributed by atoms with Crippen molar-refractivity contribution in [2.45, 2.75) is 13.5 Å². The van der Waals surface area contributed by atoms with Crippen LogP contribution in [0.5, 0.6) is 5.75 Å². The van der Waals surface area contributed by atoms with Crippen LogP contribution >= 0.6 is 11.6 Å². The minimum atomic E-state index is -0.755. The highest BCUT2D eigenvalue weighted by Crippen LogP contribution is 2.36. The molecule has 0 spiro atoms. The van der Waals surface area contributed by atoms with Gasteiger partial charge in [0.15, 0.2) is 0 Å². The smallest absolute Gasteiger partial charge is 0.341 e. The summed E-state index contributed by atoms with van der Waals surface area (Å²) in [7, 11) is 2.54. The monoisotopic (exact) mass is 456 g/mol. The van der Waals surface area contributed by atoms with Gasteiger partial charge in [-0.3, -0.25) is 4.68 Å². The Labute approximate surface area is 188 Å². The van der Waals surface area contributed by atoms with E-state index < -0.39 is 17.6 Å². The minimum Gasteiger partial charge on any atom is -0.496 e. The van der Waals surface area contributed by atoms with Crippen molar-refractivity contribution in [2.24, 2.45) is 0 Å². The summed E-state index contributed by atoms with van der Waals surface area (Å²) in [5.74, 6) is -1.96. The molecule has 164 valence electrons. The first-order chi connectivity index (χ1) is 15.3. The van der Waals surface area contributed by atoms with Crippen molar-refractivity contribution in [1.82, 2.24) is 9.78 Å². The standard InChI is InChI=1S/C24H19ClF2N2O3/c1-13-6-4-7-17(25)16(13)12-29-20-9-5-8-18(26)22(20)23(28-29)14-11-21(31-2)15(10-19(14)27)24(30)32-3/h4-11H,12H2,1-3H3. The zero-order chi connectivity index (χ0) is 23.0. The molecule has 0 fully saturated rings. The number of rotatable bonds is 5. The highest BCUT2D eigenvalue weighted by atomic mass is 35.5. The van der Waals surface area contributed by atoms with Crippen LogP contribution in [0.15, 0.2) is 48.5 Å². The van der Waals surface area contributed by atoms with Gasteiger partial charge < -0.3 is 9.47 Å². The maximum atomic E-state index is 15.1. The van der Waals surface area contributed by atoms with Gasteiger partial charge in [0.1, 0.15) is 28.6 Å². The molecule has 0 atom stereocenters. The van der Waals surface area contributed by atoms with Crippen molar-refractivity contribution in [3.8, 4) is 17.0 Å². The van der Waals surface area contributed by atoms with Gasteiger partial charge in [-0.05, 0) is 48.4 Å². The number of nitrogens with zero attached hydrogens (tertiary/aromatic N) is 2. The lowest BCUT2D eigenvalue weighted by atomic mass is 10.0. The summed E-state index contributed by atoms with van der Waals surface area (Å²) < 4.78 is 41.5. The minimum absolute atomic E-state index is 0.000710. The van der Waals surface area contributed by atoms with E-state index in [0.717, 1.165) is 17.2 Å². The number of halogens is 3. The molecule has 8 heteroatoms. The molecule has 0 radical (unpaired) electrons. The lowest BCUT2D eigenvalue weighted by molar-refractivity contribution is 0.0596. The highest BCUT2D eigenvalue weighted by Gasteiger charge is 2.23. The molecule has 0 unspecified atom stereocenters. The van der Waals surface area contributed by atoms with E-state index in [1.807, 2.05) is 19.1 Å². The van der Waals surface area contributed by atoms with Gasteiger partial charge in [-0.2, -0.15) is 5.10 Å². The van der Waals surface area contributed by atoms with E-state index in [2.05, 4.69) is 9.84 Å². The van der Waals surface area contributed by atoms with Gasteiger partial charge in [-0.25, -0.2) is 13.6 Å². The third-order valence-electron chi connectivity index (χ3n) is 5.34. The Kier molecular flexibility index (Phi) is 5.84. The quantitative estimate of drug-likeness (QED) is 0.357. The van der Waals surface area contributed by atoms with E-state index >= 15 is 4.39 Å². The number of fused-ring (bicyclic) bond motifs is 1. The molecule has 0 N–H and O–H groups in total. The summed E-state index contributed by atoms with van der Waals surface area (Å²) in [6.45, 7) is 2.19. The molecule has 1 heterocycles. The first-order valence-electron chi connectivity index (χ1n) is 9.71. The normalized spacial score (nSPS) is 11.1. The first-order valence-corrected chi connectivity index (χ1v) is 10.1. The molecule has 0 saturated carbocycles. The number of aromatic nitrogens is 2. The fourth-order valence-corrected chi connectivity index (χ4v) is 3.97. The maximum Gasteiger partial charge on any atom is 0.341 e. The largest absolute Gasteiger partial charge is 0.496 e. The summed E-state index contributed by atoms with van der Waals surface area (Å²) in [5, 5.41) is 5.25. The van der Waals surface area contributed by atoms with Crippen molar-refractivity contribution in [2.75, 3.05) is 14.2 Å². The molecule has 0 aliphatic heterocycles. The molecule has 0 bridgehead atoms. The lowest BCUT2D eigenvalue weighted by Gasteiger charge is -2.10. The third kappa shape index (κ3) is 3.69. The zero-order valence-corrected chi connectivity index (χ0v) is 18.3. The lowest BCUT2D eigenvalue weighted by Crippen LogP contribution is -2.06. The molecule has 0 amide bonds. The van der Waals surface area contributed by atoms with E-state index in [9.17, 15) is 9.18 Å². The Morgan fingerprint density at radius 1 is 1.09 bits per heavy atom. The third-order valence-corrected chi connectivity index (χ3v) is 5.69. The summed E-state index contributed by atoms with van der Waals surface area (Å²) in [6.07, 6.45) is 0. The van der Waals surface area contributed by atoms with Crippen LogP contribution in [0.25, 0.3) is 22.2 Å². The van der Waals surface area contributed by atoms with E-state index in [1.165, 1.54) is 26.4 Å². The molecule has 32 heavy (non-hydrogen) atoms. The molecule has 3 aromatic carbocycles. The Morgan fingerprint density at radius 3 is 2.53 bits per heavy atom. The predicted molar refractivity (Wildman–Crippen MR) is 118 cm³/mol. The van der Waals surface area contributed by atoms with Gasteiger partial charge in [-0.15, -0.1) is 0 Å². The van der Waals surface area contributed by atoms with Crippen molar-refractivity contribution >= 4 is 28.5 Å². The number of ether oxygens (including phenoxy) is 2. The Balaban J connectivity index is 1.94. The SMILES string of the molecule is COC(=O)c1cc(F)c(-c2nn(Cc3c(C)cccc3Cl)c3cccc(F)c23)cc1OC. The van der Waals surface area contributed by atoms with Crippen molar-refractivity contribution < 1.29 is 23.0 Å². The van der Waals surface area contributed by atoms with Gasteiger partial charge in [0, 0.05) is 10.6 Å². The fourth-order valence-electron chi connectivity index (χ4n) is 3.69. The first kappa shape index (κ1) is 21.8. The summed E-state index contributed by atoms with van der Waals surface area (Å²) in [4.78, 5) is 12.0. The maximum absolute atomic E-state index is 15.1. The van der Waals surface area contributed by atoms with Crippen LogP contribution in [-0.2, 0) is 11.3 Å². The molecule has 1 aromatic heterocycles. The van der Waals surface area contributed by atoms with Crippen molar-refractivity contribution in [1.29, 1.82) is 0 Å². The highest BCUT2D eigenvalue weighted by molar-refractivity contribution is 6.31. The topological polar surface area (TPSA) is 53.3 Å². The zero-order valence-electron chi connectivity index (χ0n) is 17.6. The van der Waals surface area contributed by atoms with Gasteiger partial charge in [0.25, 0.3) is 0 Å². The number of hydrogen-bond acceptors (Lipinski definition) is 4. The molecule has 0 aliphatic rings. The number of hydrogen-bond donors (Lipinski definition) is 0. The van der Waals surface area contributed by atoms with Crippen molar-refractivity contribution in [3.63, 3.8) is 0 Å². The average molecular weight is 457 g/mol. The molecular formula is C24H19ClF2N2O3. The number of aryl methyl sites for hydroxylation is 1. The molecule has 0 aliphatic carbocycles. The number of esters is 1. The van der Waals surface area contributed by atoms with E-state index in [0.29, 0.717) is 10.5 Å². The van der Waals surface area contributed by atoms with E-state index in [1.54, 1.807) is 22.9 Å². The fraction of sp³-hybridized carbons (Fsp3) is 0.167. The van der Waals surface area contributed by atoms with Crippen LogP contribution in [0, 0.1) is 18.6 Å². The summed E-state index contributed by atoms with van der Waals surface area (Å²) >= 11 is 6.38. The van der Waals surface area contributed by atoms with Crippen LogP contribution < -0.4 is 4.74 Å². The van der Waals surface area contributed by atoms with Crippen LogP contribution in [0.3, 0.4) is 0 Å². The van der Waals surface area contributed by atoms with E-state index in [4.69, 9.17) is 16.3 Å². The molecule has 0 saturated heterocycles. The Bertz CT molecular complexity index is 1330. The molecule has 4 aromatic rings. The van der Waals surface area contributed by atoms with Crippen LogP contribution in [-0.4, -0.2) is 30.0 Å². The van der Waals surface area contributed by atoms with Gasteiger partial charge in [0.2, 0.25) is 0 Å². The second-order valence-electron chi connectivity index (χ2n) is 7.20. The average Bonchev–Trinajstić information content (AvgIpc) is 3.15. The number of methoxy groups -OCH3 is 2. The van der Waals surface area contributed by atoms with Crippen molar-refractivity contribution in [3.05, 3.63) is 81.9 Å². The Morgan fingerprint density at radius 2 is 1.84 bits per heavy atom. The number of carbonyl (C=O) groups is 1. The van der Waals surface area contributed by atoms with Gasteiger partial charge >= 0.3 is 5.97 Å². The van der Waals surface area contributed by atoms with Crippen LogP contribution in [0.4, 0.5) is 8.78 Å². The molecule has 5 nitrogen and oxygen atoms in total. The number of carbonyl (C=O) groups excluding carboxylic acids is 1. The Hall–Kier alpha value is -3.45. The second kappa shape index (κ2) is 8.59. The van der Waals surface area contributed by atoms with Crippen LogP contribution in [0.2, 0.25) is 5.02 Å². The van der Waals surface area contributed by atoms with Gasteiger partial charge in [0.05, 0.1) is 31.7 Å². The van der Waals surface area contributed by atoms with Crippen LogP contribution in [0.1, 0.15) is 21.5 Å². The molecular weight excluding hydrogens is 438 g/mol. The number of benzene rings is 3. The second-order valence-corrected chi connectivity index (χ2v) is 7.61. The predicted octanol–water partition coefficient (Wildman–Crippen LogP) is 5.79. The molecule has 4 rings (SSSR count).